The molecular weight excluding hydrogens is 1370 g/mol. The molecule has 0 fully saturated rings. The summed E-state index contributed by atoms with van der Waals surface area (Å²) in [6.07, 6.45) is 14.6. The number of hydrogen-bond donors (Lipinski definition) is 0. The zero-order valence-corrected chi connectivity index (χ0v) is 66.8. The Labute approximate surface area is 664 Å². The molecule has 5 aromatic heterocycles. The predicted octanol–water partition coefficient (Wildman–Crippen LogP) is 24.3. The fourth-order valence-electron chi connectivity index (χ4n) is 13.5. The Bertz CT molecular complexity index is 5110. The number of aryl methyl sites for hydroxylation is 10. The average molecular weight is 1470 g/mol. The molecule has 112 heavy (non-hydrogen) atoms. The van der Waals surface area contributed by atoms with Crippen molar-refractivity contribution in [3.63, 3.8) is 0 Å². The normalized spacial score (nSPS) is 11.7. The van der Waals surface area contributed by atoms with E-state index in [0.717, 1.165) is 39.9 Å². The Morgan fingerprint density at radius 2 is 0.554 bits per heavy atom. The van der Waals surface area contributed by atoms with Crippen molar-refractivity contribution in [1.82, 2.24) is 24.9 Å². The zero-order valence-electron chi connectivity index (χ0n) is 66.8. The molecule has 0 aliphatic rings. The molecular formula is C102H102N10. The second kappa shape index (κ2) is 42.2. The van der Waals surface area contributed by atoms with Crippen molar-refractivity contribution in [2.75, 3.05) is 0 Å². The molecule has 14 aromatic rings. The van der Waals surface area contributed by atoms with Crippen LogP contribution in [-0.2, 0) is 0 Å². The fraction of sp³-hybridized carbons (Fsp3) is 0.176. The van der Waals surface area contributed by atoms with Crippen molar-refractivity contribution in [3.05, 3.63) is 468 Å². The molecule has 0 saturated heterocycles. The van der Waals surface area contributed by atoms with E-state index in [1.807, 2.05) is 184 Å². The maximum absolute atomic E-state index is 5.06. The smallest absolute Gasteiger partial charge is 0.101 e. The summed E-state index contributed by atoms with van der Waals surface area (Å²) in [7, 11) is 0. The van der Waals surface area contributed by atoms with Crippen molar-refractivity contribution in [3.8, 4) is 0 Å². The van der Waals surface area contributed by atoms with Gasteiger partial charge >= 0.3 is 0 Å². The maximum Gasteiger partial charge on any atom is 0.101 e. The van der Waals surface area contributed by atoms with Crippen molar-refractivity contribution < 1.29 is 0 Å². The summed E-state index contributed by atoms with van der Waals surface area (Å²) in [4.78, 5) is 46.1. The standard InChI is InChI=1S/C25H28N2.C22H22N2.C21H20N2.C19H16N2.C15H16N2/c1-16-11-18(3)23(19(4)12-16)25(27-15-22-9-7-8-10-26-22)24-20(5)13-17(2)14-21(24)6;1-16-10-4-6-12-19(16)22(20-13-7-5-11-17(20)2)24-18(3)21-14-8-9-15-23-21;1-16-6-10-18(11-7-16)21(19-12-8-17(2)9-13-19)23-15-20-5-3-4-14-22-20;1-3-9-16(10-4-1)19(17-11-5-2-6-12-17)21-15-18-13-7-8-14-20-18;1-12(14-8-4-3-5-9-14)17-13(2)15-10-6-7-11-16-15/h7-15,25H,1-6H3;4-15,22H,1-3H3;3-15,21H,1-2H3;1-15,19H;3-12H,1-2H3/t;;;;12-/m....0/s1. The van der Waals surface area contributed by atoms with Crippen molar-refractivity contribution in [2.45, 2.75) is 120 Å². The third kappa shape index (κ3) is 24.3. The van der Waals surface area contributed by atoms with Crippen LogP contribution in [0.25, 0.3) is 0 Å². The quantitative estimate of drug-likeness (QED) is 0.0745. The van der Waals surface area contributed by atoms with Crippen LogP contribution in [0, 0.1) is 69.2 Å². The number of aromatic nitrogens is 5. The molecule has 0 unspecified atom stereocenters. The highest BCUT2D eigenvalue weighted by Crippen LogP contribution is 2.37. The van der Waals surface area contributed by atoms with E-state index in [2.05, 4.69) is 264 Å². The van der Waals surface area contributed by atoms with Gasteiger partial charge in [-0.15, -0.1) is 0 Å². The third-order valence-corrected chi connectivity index (χ3v) is 19.2. The summed E-state index contributed by atoms with van der Waals surface area (Å²) in [5.41, 5.74) is 30.2. The lowest BCUT2D eigenvalue weighted by Gasteiger charge is -2.23. The van der Waals surface area contributed by atoms with Gasteiger partial charge in [-0.25, -0.2) is 0 Å². The molecule has 10 heteroatoms. The molecule has 0 amide bonds. The summed E-state index contributed by atoms with van der Waals surface area (Å²) >= 11 is 0. The maximum atomic E-state index is 5.06. The summed E-state index contributed by atoms with van der Waals surface area (Å²) in [6.45, 7) is 27.7. The topological polar surface area (TPSA) is 126 Å². The van der Waals surface area contributed by atoms with Gasteiger partial charge in [0.05, 0.1) is 58.0 Å². The van der Waals surface area contributed by atoms with E-state index in [4.69, 9.17) is 20.0 Å². The summed E-state index contributed by atoms with van der Waals surface area (Å²) in [6, 6.07) is 103. The highest BCUT2D eigenvalue weighted by molar-refractivity contribution is 5.97. The first-order chi connectivity index (χ1) is 54.5. The second-order valence-corrected chi connectivity index (χ2v) is 28.1. The Kier molecular flexibility index (Phi) is 30.7. The van der Waals surface area contributed by atoms with E-state index in [1.165, 1.54) is 106 Å². The van der Waals surface area contributed by atoms with E-state index in [9.17, 15) is 0 Å². The van der Waals surface area contributed by atoms with Gasteiger partial charge < -0.3 is 0 Å². The van der Waals surface area contributed by atoms with Gasteiger partial charge in [0.1, 0.15) is 12.1 Å². The Balaban J connectivity index is 0.000000150. The third-order valence-electron chi connectivity index (χ3n) is 19.2. The molecule has 0 saturated carbocycles. The molecule has 10 nitrogen and oxygen atoms in total. The van der Waals surface area contributed by atoms with Crippen LogP contribution in [0.3, 0.4) is 0 Å². The van der Waals surface area contributed by atoms with Gasteiger partial charge in [0.2, 0.25) is 0 Å². The molecule has 0 radical (unpaired) electrons. The van der Waals surface area contributed by atoms with Gasteiger partial charge in [0.25, 0.3) is 0 Å². The van der Waals surface area contributed by atoms with Crippen LogP contribution in [0.1, 0.15) is 185 Å². The number of nitrogens with zero attached hydrogens (tertiary/aromatic N) is 10. The van der Waals surface area contributed by atoms with Crippen LogP contribution in [0.2, 0.25) is 0 Å². The van der Waals surface area contributed by atoms with Crippen LogP contribution < -0.4 is 0 Å². The predicted molar refractivity (Wildman–Crippen MR) is 470 cm³/mol. The second-order valence-electron chi connectivity index (χ2n) is 28.1. The molecule has 1 atom stereocenters. The number of benzene rings is 9. The molecule has 0 aliphatic heterocycles. The summed E-state index contributed by atoms with van der Waals surface area (Å²) in [5, 5.41) is 0. The largest absolute Gasteiger partial charge is 0.280 e. The number of aliphatic imine (C=N–C) groups is 5. The number of pyridine rings is 5. The molecule has 0 spiro atoms. The highest BCUT2D eigenvalue weighted by atomic mass is 14.8. The van der Waals surface area contributed by atoms with Crippen molar-refractivity contribution in [1.29, 1.82) is 0 Å². The molecule has 560 valence electrons. The minimum Gasteiger partial charge on any atom is -0.280 e. The minimum absolute atomic E-state index is 0.00518. The fourth-order valence-corrected chi connectivity index (χ4v) is 13.5. The van der Waals surface area contributed by atoms with Gasteiger partial charge in [0, 0.05) is 49.6 Å². The highest BCUT2D eigenvalue weighted by Gasteiger charge is 2.23. The number of hydrogen-bond acceptors (Lipinski definition) is 10. The van der Waals surface area contributed by atoms with E-state index >= 15 is 0 Å². The lowest BCUT2D eigenvalue weighted by atomic mass is 9.85. The average Bonchev–Trinajstić information content (AvgIpc) is 0.783. The SMILES string of the molecule is C(=NC(c1ccccc1)c1ccccc1)c1ccccn1.CC(=NC(c1ccccc1C)c1ccccc1C)c1ccccn1.CC(=N[C@@H](C)c1ccccc1)c1ccccn1.Cc1cc(C)c(C(N=Cc2ccccn2)c2c(C)cc(C)cc2C)c(C)c1.Cc1ccc(C(N=Cc2ccccn2)c2ccc(C)cc2)cc1. The lowest BCUT2D eigenvalue weighted by Crippen LogP contribution is -2.09. The monoisotopic (exact) mass is 1470 g/mol. The minimum atomic E-state index is -0.0341. The lowest BCUT2D eigenvalue weighted by molar-refractivity contribution is 0.818. The first-order valence-corrected chi connectivity index (χ1v) is 38.2. The van der Waals surface area contributed by atoms with Crippen LogP contribution >= 0.6 is 0 Å². The summed E-state index contributed by atoms with van der Waals surface area (Å²) < 4.78 is 0. The van der Waals surface area contributed by atoms with Crippen LogP contribution in [0.4, 0.5) is 0 Å². The van der Waals surface area contributed by atoms with Gasteiger partial charge in [-0.05, 0) is 234 Å². The van der Waals surface area contributed by atoms with Crippen molar-refractivity contribution >= 4 is 30.1 Å². The first kappa shape index (κ1) is 81.6. The molecule has 5 heterocycles. The first-order valence-electron chi connectivity index (χ1n) is 38.2. The zero-order chi connectivity index (χ0) is 79.0. The van der Waals surface area contributed by atoms with Gasteiger partial charge in [-0.1, -0.05) is 265 Å². The molecule has 0 aliphatic carbocycles. The summed E-state index contributed by atoms with van der Waals surface area (Å²) in [5.74, 6) is 0. The van der Waals surface area contributed by atoms with Gasteiger partial charge in [-0.2, -0.15) is 0 Å². The van der Waals surface area contributed by atoms with E-state index in [-0.39, 0.29) is 30.2 Å². The van der Waals surface area contributed by atoms with Crippen LogP contribution in [0.5, 0.6) is 0 Å². The molecule has 0 bridgehead atoms. The number of rotatable bonds is 19. The molecule has 14 rings (SSSR count). The Morgan fingerprint density at radius 1 is 0.259 bits per heavy atom. The van der Waals surface area contributed by atoms with E-state index in [1.54, 1.807) is 24.8 Å². The van der Waals surface area contributed by atoms with Gasteiger partial charge in [0.15, 0.2) is 0 Å². The molecule has 9 aromatic carbocycles. The van der Waals surface area contributed by atoms with E-state index in [0.29, 0.717) is 0 Å². The van der Waals surface area contributed by atoms with Crippen LogP contribution in [-0.4, -0.2) is 55.0 Å². The Morgan fingerprint density at radius 3 is 0.884 bits per heavy atom. The van der Waals surface area contributed by atoms with Gasteiger partial charge in [-0.3, -0.25) is 49.9 Å². The van der Waals surface area contributed by atoms with E-state index < -0.39 is 0 Å². The van der Waals surface area contributed by atoms with Crippen molar-refractivity contribution in [2.24, 2.45) is 25.0 Å². The molecule has 0 N–H and O–H groups in total. The van der Waals surface area contributed by atoms with Crippen LogP contribution in [0.15, 0.2) is 359 Å². The Hall–Kier alpha value is -12.9.